The minimum Gasteiger partial charge on any atom is -0.453 e. The monoisotopic (exact) mass is 1210 g/mol. The van der Waals surface area contributed by atoms with E-state index in [2.05, 4.69) is 83.2 Å². The Balaban J connectivity index is 0.000000117. The first-order valence-electron chi connectivity index (χ1n) is 25.7. The molecule has 0 spiro atoms. The molecule has 3 N–H and O–H groups in total. The van der Waals surface area contributed by atoms with Crippen molar-refractivity contribution in [1.82, 2.24) is 0 Å². The van der Waals surface area contributed by atoms with E-state index in [0.717, 1.165) is 61.0 Å². The minimum atomic E-state index is -0.550. The molecule has 0 radical (unpaired) electrons. The summed E-state index contributed by atoms with van der Waals surface area (Å²) in [7, 11) is 0. The van der Waals surface area contributed by atoms with Crippen LogP contribution in [0, 0.1) is 0 Å². The van der Waals surface area contributed by atoms with Gasteiger partial charge in [-0.15, -0.1) is 0 Å². The fourth-order valence-electron chi connectivity index (χ4n) is 9.64. The highest BCUT2D eigenvalue weighted by Gasteiger charge is 2.38. The summed E-state index contributed by atoms with van der Waals surface area (Å²) < 4.78 is 12.0. The van der Waals surface area contributed by atoms with E-state index in [1.165, 1.54) is 20.9 Å². The molecule has 82 heavy (non-hydrogen) atoms. The molecule has 0 saturated heterocycles. The smallest absolute Gasteiger partial charge is 0.346 e. The van der Waals surface area contributed by atoms with E-state index in [4.69, 9.17) is 10.5 Å². The van der Waals surface area contributed by atoms with Gasteiger partial charge >= 0.3 is 11.9 Å². The van der Waals surface area contributed by atoms with Crippen molar-refractivity contribution in [3.63, 3.8) is 0 Å². The molecule has 0 atom stereocenters. The molecule has 5 heterocycles. The zero-order valence-electron chi connectivity index (χ0n) is 43.2. The number of nitrogens with one attached hydrogen (secondary N) is 1. The Morgan fingerprint density at radius 2 is 0.659 bits per heavy atom. The average Bonchev–Trinajstić information content (AvgIpc) is 3.66. The molecule has 0 aromatic heterocycles. The number of cyclic esters (lactones) is 2. The zero-order valence-corrected chi connectivity index (χ0v) is 46.4. The third-order valence-electron chi connectivity index (χ3n) is 13.6. The van der Waals surface area contributed by atoms with Gasteiger partial charge < -0.3 is 25.4 Å². The number of nitrogens with two attached hydrogens (primary N) is 1. The van der Waals surface area contributed by atoms with Gasteiger partial charge in [0.25, 0.3) is 23.6 Å². The highest BCUT2D eigenvalue weighted by atomic mass is 79.9. The number of nitrogens with zero attached hydrogens (tertiary/aromatic N) is 3. The molecule has 0 saturated carbocycles. The number of hydrogen-bond acceptors (Lipinski definition) is 11. The lowest BCUT2D eigenvalue weighted by molar-refractivity contribution is 0.0442. The molecule has 15 heteroatoms. The number of carbonyl (C=O) groups is 6. The summed E-state index contributed by atoms with van der Waals surface area (Å²) in [5, 5.41) is 3.32. The second kappa shape index (κ2) is 23.6. The number of fused-ring (bicyclic) bond motifs is 7. The predicted octanol–water partition coefficient (Wildman–Crippen LogP) is 15.7. The van der Waals surface area contributed by atoms with Gasteiger partial charge in [0.1, 0.15) is 0 Å². The van der Waals surface area contributed by atoms with E-state index >= 15 is 0 Å². The number of halogens is 2. The van der Waals surface area contributed by atoms with Crippen LogP contribution < -0.4 is 30.5 Å². The zero-order chi connectivity index (χ0) is 56.9. The third-order valence-corrected chi connectivity index (χ3v) is 14.6. The second-order valence-corrected chi connectivity index (χ2v) is 20.6. The molecule has 15 rings (SSSR count). The Kier molecular flexibility index (Phi) is 15.5. The molecular formula is C67H45Br2N5O8. The first-order valence-corrected chi connectivity index (χ1v) is 27.3. The van der Waals surface area contributed by atoms with Gasteiger partial charge in [0.2, 0.25) is 0 Å². The van der Waals surface area contributed by atoms with Gasteiger partial charge in [-0.3, -0.25) is 19.2 Å². The molecular weight excluding hydrogens is 1160 g/mol. The van der Waals surface area contributed by atoms with Crippen LogP contribution in [-0.4, -0.2) is 35.6 Å². The summed E-state index contributed by atoms with van der Waals surface area (Å²) in [6.45, 7) is 0. The molecule has 0 fully saturated rings. The maximum Gasteiger partial charge on any atom is 0.346 e. The van der Waals surface area contributed by atoms with Gasteiger partial charge in [0.15, 0.2) is 11.5 Å². The summed E-state index contributed by atoms with van der Waals surface area (Å²) in [6, 6.07) is 75.2. The third kappa shape index (κ3) is 11.1. The van der Waals surface area contributed by atoms with Crippen LogP contribution in [0.2, 0.25) is 0 Å². The van der Waals surface area contributed by atoms with Crippen LogP contribution in [0.15, 0.2) is 252 Å². The summed E-state index contributed by atoms with van der Waals surface area (Å²) >= 11 is 6.61. The van der Waals surface area contributed by atoms with E-state index in [-0.39, 0.29) is 23.6 Å². The molecule has 400 valence electrons. The van der Waals surface area contributed by atoms with Crippen LogP contribution in [0.25, 0.3) is 0 Å². The van der Waals surface area contributed by atoms with Crippen molar-refractivity contribution in [3.05, 3.63) is 296 Å². The maximum atomic E-state index is 12.8. The van der Waals surface area contributed by atoms with E-state index in [1.807, 2.05) is 109 Å². The molecule has 4 amide bonds. The molecule has 5 aliphatic rings. The van der Waals surface area contributed by atoms with Crippen LogP contribution >= 0.6 is 31.9 Å². The van der Waals surface area contributed by atoms with Crippen LogP contribution in [0.3, 0.4) is 0 Å². The summed E-state index contributed by atoms with van der Waals surface area (Å²) in [5.74, 6) is -0.423. The Hall–Kier alpha value is -10.2. The van der Waals surface area contributed by atoms with Gasteiger partial charge in [-0.1, -0.05) is 129 Å². The maximum absolute atomic E-state index is 12.8. The first kappa shape index (κ1) is 53.8. The minimum absolute atomic E-state index is 0.266. The van der Waals surface area contributed by atoms with Crippen molar-refractivity contribution in [2.24, 2.45) is 0 Å². The Morgan fingerprint density at radius 1 is 0.341 bits per heavy atom. The highest BCUT2D eigenvalue weighted by molar-refractivity contribution is 9.10. The number of esters is 2. The lowest BCUT2D eigenvalue weighted by Crippen LogP contribution is -2.29. The normalized spacial score (nSPS) is 13.4. The van der Waals surface area contributed by atoms with Crippen LogP contribution in [0.1, 0.15) is 73.3 Å². The van der Waals surface area contributed by atoms with Gasteiger partial charge in [-0.05, 0) is 157 Å². The highest BCUT2D eigenvalue weighted by Crippen LogP contribution is 2.45. The van der Waals surface area contributed by atoms with E-state index in [0.29, 0.717) is 44.8 Å². The molecule has 5 aliphatic heterocycles. The van der Waals surface area contributed by atoms with Crippen molar-refractivity contribution in [2.45, 2.75) is 6.42 Å². The van der Waals surface area contributed by atoms with Gasteiger partial charge in [0, 0.05) is 38.1 Å². The molecule has 13 nitrogen and oxygen atoms in total. The number of amides is 4. The van der Waals surface area contributed by atoms with Crippen molar-refractivity contribution in [1.29, 1.82) is 0 Å². The molecule has 0 aliphatic carbocycles. The number of rotatable bonds is 3. The lowest BCUT2D eigenvalue weighted by atomic mass is 9.95. The molecule has 0 bridgehead atoms. The largest absolute Gasteiger partial charge is 0.453 e. The number of carbonyl (C=O) groups excluding carboxylic acids is 6. The van der Waals surface area contributed by atoms with E-state index in [1.54, 1.807) is 97.1 Å². The topological polar surface area (TPSA) is 169 Å². The van der Waals surface area contributed by atoms with E-state index < -0.39 is 11.9 Å². The number of ether oxygens (including phenoxy) is 2. The van der Waals surface area contributed by atoms with Gasteiger partial charge in [-0.25, -0.2) is 19.4 Å². The van der Waals surface area contributed by atoms with Crippen LogP contribution in [-0.2, 0) is 11.2 Å². The SMILES string of the molecule is Nc1ccc(Br)cc1.O=C1OC(=O)c2ccccc21.O=C1c2ccccc2C(=O)N1c1ccc(Br)cc1.O=C1c2ccccc2C(=O)N1c1ccc(N2c3ccccc3Cc3ccccc32)cc1.c1ccc2c(c1)Nc1ccccc1O2. The first-order chi connectivity index (χ1) is 39.9. The number of nitrogen functional groups attached to an aromatic ring is 1. The standard InChI is InChI=1S/C27H18N2O2.C14H8BrNO2.C12H9NO.C8H4O3.C6H6BrN/c30-26-22-9-3-4-10-23(22)27(31)29(26)21-15-13-20(14-16-21)28-24-11-5-1-7-18(24)17-19-8-2-6-12-25(19)28;15-9-5-7-10(8-6-9)16-13(17)11-3-1-2-4-12(11)14(16)18;1-3-7-11-9(5-1)13-10-6-2-4-8-12(10)14-11;9-7-5-3-1-2-4-6(5)8(10)11-7;7-5-1-3-6(8)4-2-5/h1-16H,17H2;1-8H;1-8,13H;1-4H;1-4H,8H2. The quantitative estimate of drug-likeness (QED) is 0.0747. The van der Waals surface area contributed by atoms with Crippen LogP contribution in [0.4, 0.5) is 45.5 Å². The second-order valence-electron chi connectivity index (χ2n) is 18.7. The van der Waals surface area contributed by atoms with E-state index in [9.17, 15) is 28.8 Å². The molecule has 10 aromatic carbocycles. The van der Waals surface area contributed by atoms with Crippen molar-refractivity contribution >= 4 is 113 Å². The number of para-hydroxylation sites is 6. The van der Waals surface area contributed by atoms with Gasteiger partial charge in [-0.2, -0.15) is 0 Å². The van der Waals surface area contributed by atoms with Crippen molar-refractivity contribution in [2.75, 3.05) is 25.8 Å². The number of benzene rings is 10. The number of imide groups is 2. The molecule has 0 unspecified atom stereocenters. The summed E-state index contributed by atoms with van der Waals surface area (Å²) in [6.07, 6.45) is 0.899. The Labute approximate surface area is 488 Å². The Morgan fingerprint density at radius 3 is 1.06 bits per heavy atom. The van der Waals surface area contributed by atoms with Crippen molar-refractivity contribution < 1.29 is 38.2 Å². The summed E-state index contributed by atoms with van der Waals surface area (Å²) in [4.78, 5) is 76.4. The summed E-state index contributed by atoms with van der Waals surface area (Å²) in [5.41, 5.74) is 17.8. The van der Waals surface area contributed by atoms with Gasteiger partial charge in [0.05, 0.1) is 56.1 Å². The van der Waals surface area contributed by atoms with Crippen molar-refractivity contribution in [3.8, 4) is 11.5 Å². The molecule has 10 aromatic rings. The fraction of sp³-hybridized carbons (Fsp3) is 0.0149. The lowest BCUT2D eigenvalue weighted by Gasteiger charge is -2.33. The predicted molar refractivity (Wildman–Crippen MR) is 324 cm³/mol. The fourth-order valence-corrected chi connectivity index (χ4v) is 10.2. The number of anilines is 8. The Bertz CT molecular complexity index is 3880. The number of hydrogen-bond donors (Lipinski definition) is 2. The van der Waals surface area contributed by atoms with Crippen LogP contribution in [0.5, 0.6) is 11.5 Å². The average molecular weight is 1210 g/mol.